The molecule has 0 spiro atoms. The van der Waals surface area contributed by atoms with Crippen LogP contribution in [0.3, 0.4) is 0 Å². The average molecular weight is 293 g/mol. The SMILES string of the molecule is COc1ncccc1CNC(=O)N1CCCC(C(=O)O)C1. The van der Waals surface area contributed by atoms with Crippen molar-refractivity contribution < 1.29 is 19.4 Å². The summed E-state index contributed by atoms with van der Waals surface area (Å²) in [7, 11) is 1.52. The highest BCUT2D eigenvalue weighted by molar-refractivity contribution is 5.76. The molecule has 7 heteroatoms. The van der Waals surface area contributed by atoms with Crippen molar-refractivity contribution in [1.82, 2.24) is 15.2 Å². The second-order valence-corrected chi connectivity index (χ2v) is 4.95. The van der Waals surface area contributed by atoms with E-state index in [1.54, 1.807) is 17.2 Å². The number of likely N-dealkylation sites (tertiary alicyclic amines) is 1. The van der Waals surface area contributed by atoms with Crippen LogP contribution in [-0.4, -0.2) is 47.2 Å². The lowest BCUT2D eigenvalue weighted by Crippen LogP contribution is -2.46. The maximum Gasteiger partial charge on any atom is 0.317 e. The van der Waals surface area contributed by atoms with E-state index in [0.29, 0.717) is 31.8 Å². The Morgan fingerprint density at radius 1 is 1.57 bits per heavy atom. The van der Waals surface area contributed by atoms with Gasteiger partial charge in [0.25, 0.3) is 0 Å². The molecule has 1 saturated heterocycles. The van der Waals surface area contributed by atoms with Crippen LogP contribution in [0.5, 0.6) is 5.88 Å². The Bertz CT molecular complexity index is 521. The van der Waals surface area contributed by atoms with Gasteiger partial charge in [0.1, 0.15) is 0 Å². The number of ether oxygens (including phenoxy) is 1. The Balaban J connectivity index is 1.91. The van der Waals surface area contributed by atoms with Gasteiger partial charge in [0.15, 0.2) is 0 Å². The molecule has 0 bridgehead atoms. The summed E-state index contributed by atoms with van der Waals surface area (Å²) in [6.45, 7) is 1.13. The largest absolute Gasteiger partial charge is 0.481 e. The molecule has 1 unspecified atom stereocenters. The van der Waals surface area contributed by atoms with Gasteiger partial charge in [-0.15, -0.1) is 0 Å². The van der Waals surface area contributed by atoms with Gasteiger partial charge in [-0.1, -0.05) is 6.07 Å². The van der Waals surface area contributed by atoms with Crippen LogP contribution in [0.2, 0.25) is 0 Å². The Hall–Kier alpha value is -2.31. The first-order valence-electron chi connectivity index (χ1n) is 6.85. The van der Waals surface area contributed by atoms with Crippen molar-refractivity contribution in [2.75, 3.05) is 20.2 Å². The lowest BCUT2D eigenvalue weighted by Gasteiger charge is -2.30. The second kappa shape index (κ2) is 6.92. The number of methoxy groups -OCH3 is 1. The molecule has 0 aliphatic carbocycles. The van der Waals surface area contributed by atoms with Crippen LogP contribution in [-0.2, 0) is 11.3 Å². The molecule has 0 saturated carbocycles. The van der Waals surface area contributed by atoms with Gasteiger partial charge in [-0.3, -0.25) is 4.79 Å². The quantitative estimate of drug-likeness (QED) is 0.867. The smallest absolute Gasteiger partial charge is 0.317 e. The average Bonchev–Trinajstić information content (AvgIpc) is 2.52. The highest BCUT2D eigenvalue weighted by Gasteiger charge is 2.28. The van der Waals surface area contributed by atoms with E-state index in [1.807, 2.05) is 6.07 Å². The zero-order valence-electron chi connectivity index (χ0n) is 11.9. The lowest BCUT2D eigenvalue weighted by molar-refractivity contribution is -0.143. The van der Waals surface area contributed by atoms with E-state index in [4.69, 9.17) is 9.84 Å². The summed E-state index contributed by atoms with van der Waals surface area (Å²) >= 11 is 0. The van der Waals surface area contributed by atoms with Gasteiger partial charge in [0, 0.05) is 31.4 Å². The number of rotatable bonds is 4. The molecule has 2 rings (SSSR count). The van der Waals surface area contributed by atoms with Gasteiger partial charge in [0.05, 0.1) is 13.0 Å². The van der Waals surface area contributed by atoms with E-state index in [1.165, 1.54) is 7.11 Å². The molecule has 1 aromatic rings. The molecule has 2 amide bonds. The molecular formula is C14H19N3O4. The Morgan fingerprint density at radius 3 is 3.10 bits per heavy atom. The van der Waals surface area contributed by atoms with E-state index < -0.39 is 11.9 Å². The minimum atomic E-state index is -0.846. The number of piperidine rings is 1. The predicted octanol–water partition coefficient (Wildman–Crippen LogP) is 1.10. The predicted molar refractivity (Wildman–Crippen MR) is 75.0 cm³/mol. The second-order valence-electron chi connectivity index (χ2n) is 4.95. The number of carboxylic acid groups (broad SMARTS) is 1. The van der Waals surface area contributed by atoms with Crippen LogP contribution in [0.15, 0.2) is 18.3 Å². The summed E-state index contributed by atoms with van der Waals surface area (Å²) in [6, 6.07) is 3.33. The van der Waals surface area contributed by atoms with Crippen molar-refractivity contribution in [2.45, 2.75) is 19.4 Å². The van der Waals surface area contributed by atoms with E-state index in [0.717, 1.165) is 5.56 Å². The van der Waals surface area contributed by atoms with Gasteiger partial charge in [-0.25, -0.2) is 9.78 Å². The molecular weight excluding hydrogens is 274 g/mol. The summed E-state index contributed by atoms with van der Waals surface area (Å²) in [5.74, 6) is -0.848. The van der Waals surface area contributed by atoms with Crippen molar-refractivity contribution in [2.24, 2.45) is 5.92 Å². The number of amides is 2. The highest BCUT2D eigenvalue weighted by atomic mass is 16.5. The van der Waals surface area contributed by atoms with E-state index in [-0.39, 0.29) is 12.6 Å². The number of carbonyl (C=O) groups excluding carboxylic acids is 1. The first-order chi connectivity index (χ1) is 10.1. The number of urea groups is 1. The fourth-order valence-electron chi connectivity index (χ4n) is 2.39. The van der Waals surface area contributed by atoms with Crippen molar-refractivity contribution in [3.8, 4) is 5.88 Å². The van der Waals surface area contributed by atoms with E-state index in [2.05, 4.69) is 10.3 Å². The van der Waals surface area contributed by atoms with E-state index >= 15 is 0 Å². The fraction of sp³-hybridized carbons (Fsp3) is 0.500. The number of aromatic nitrogens is 1. The van der Waals surface area contributed by atoms with Crippen LogP contribution >= 0.6 is 0 Å². The summed E-state index contributed by atoms with van der Waals surface area (Å²) in [6.07, 6.45) is 2.95. The van der Waals surface area contributed by atoms with Crippen LogP contribution in [0.4, 0.5) is 4.79 Å². The lowest BCUT2D eigenvalue weighted by atomic mass is 9.99. The number of hydrogen-bond acceptors (Lipinski definition) is 4. The monoisotopic (exact) mass is 293 g/mol. The number of aliphatic carboxylic acids is 1. The summed E-state index contributed by atoms with van der Waals surface area (Å²) in [5, 5.41) is 11.8. The molecule has 0 radical (unpaired) electrons. The number of hydrogen-bond donors (Lipinski definition) is 2. The van der Waals surface area contributed by atoms with Crippen molar-refractivity contribution in [3.05, 3.63) is 23.9 Å². The maximum absolute atomic E-state index is 12.1. The third-order valence-corrected chi connectivity index (χ3v) is 3.53. The summed E-state index contributed by atoms with van der Waals surface area (Å²) in [5.41, 5.74) is 0.778. The Kier molecular flexibility index (Phi) is 4.97. The zero-order valence-corrected chi connectivity index (χ0v) is 11.9. The number of nitrogens with zero attached hydrogens (tertiary/aromatic N) is 2. The molecule has 1 aliphatic heterocycles. The Morgan fingerprint density at radius 2 is 2.38 bits per heavy atom. The van der Waals surface area contributed by atoms with Gasteiger partial charge < -0.3 is 20.1 Å². The van der Waals surface area contributed by atoms with E-state index in [9.17, 15) is 9.59 Å². The molecule has 0 aromatic carbocycles. The number of carboxylic acids is 1. The number of carbonyl (C=O) groups is 2. The standard InChI is InChI=1S/C14H19N3O4/c1-21-12-10(4-2-6-15-12)8-16-14(20)17-7-3-5-11(9-17)13(18)19/h2,4,6,11H,3,5,7-9H2,1H3,(H,16,20)(H,18,19). The summed E-state index contributed by atoms with van der Waals surface area (Å²) < 4.78 is 5.12. The third kappa shape index (κ3) is 3.84. The van der Waals surface area contributed by atoms with Gasteiger partial charge in [-0.05, 0) is 18.9 Å². The highest BCUT2D eigenvalue weighted by Crippen LogP contribution is 2.17. The number of pyridine rings is 1. The van der Waals surface area contributed by atoms with Crippen LogP contribution in [0.1, 0.15) is 18.4 Å². The van der Waals surface area contributed by atoms with Crippen LogP contribution in [0.25, 0.3) is 0 Å². The zero-order chi connectivity index (χ0) is 15.2. The maximum atomic E-state index is 12.1. The van der Waals surface area contributed by atoms with Crippen LogP contribution in [0, 0.1) is 5.92 Å². The molecule has 114 valence electrons. The van der Waals surface area contributed by atoms with Crippen molar-refractivity contribution in [1.29, 1.82) is 0 Å². The Labute approximate surface area is 122 Å². The molecule has 7 nitrogen and oxygen atoms in total. The minimum absolute atomic E-state index is 0.255. The van der Waals surface area contributed by atoms with Gasteiger partial charge in [0.2, 0.25) is 5.88 Å². The molecule has 1 aromatic heterocycles. The minimum Gasteiger partial charge on any atom is -0.481 e. The van der Waals surface area contributed by atoms with Gasteiger partial charge in [-0.2, -0.15) is 0 Å². The topological polar surface area (TPSA) is 91.8 Å². The van der Waals surface area contributed by atoms with Gasteiger partial charge >= 0.3 is 12.0 Å². The normalized spacial score (nSPS) is 18.1. The van der Waals surface area contributed by atoms with Crippen molar-refractivity contribution >= 4 is 12.0 Å². The molecule has 21 heavy (non-hydrogen) atoms. The molecule has 2 heterocycles. The van der Waals surface area contributed by atoms with Crippen LogP contribution < -0.4 is 10.1 Å². The molecule has 1 fully saturated rings. The first kappa shape index (κ1) is 15.1. The fourth-order valence-corrected chi connectivity index (χ4v) is 2.39. The molecule has 1 aliphatic rings. The summed E-state index contributed by atoms with van der Waals surface area (Å²) in [4.78, 5) is 28.7. The third-order valence-electron chi connectivity index (χ3n) is 3.53. The molecule has 2 N–H and O–H groups in total. The number of nitrogens with one attached hydrogen (secondary N) is 1. The first-order valence-corrected chi connectivity index (χ1v) is 6.85. The molecule has 1 atom stereocenters. The van der Waals surface area contributed by atoms with Crippen molar-refractivity contribution in [3.63, 3.8) is 0 Å².